The van der Waals surface area contributed by atoms with E-state index in [9.17, 15) is 37.1 Å². The molecule has 0 radical (unpaired) electrons. The summed E-state index contributed by atoms with van der Waals surface area (Å²) in [5, 5.41) is 16.2. The third kappa shape index (κ3) is 4.40. The van der Waals surface area contributed by atoms with Gasteiger partial charge in [-0.15, -0.1) is 0 Å². The van der Waals surface area contributed by atoms with Gasteiger partial charge >= 0.3 is 6.18 Å². The Kier molecular flexibility index (Phi) is 5.69. The predicted molar refractivity (Wildman–Crippen MR) is 108 cm³/mol. The van der Waals surface area contributed by atoms with Crippen LogP contribution in [0.25, 0.3) is 5.69 Å². The molecule has 4 N–H and O–H groups in total. The number of hydrogen-bond donors (Lipinski definition) is 4. The van der Waals surface area contributed by atoms with Crippen molar-refractivity contribution in [3.63, 3.8) is 0 Å². The van der Waals surface area contributed by atoms with Gasteiger partial charge in [0, 0.05) is 12.1 Å². The van der Waals surface area contributed by atoms with E-state index >= 15 is 0 Å². The first-order valence-corrected chi connectivity index (χ1v) is 9.69. The molecule has 0 saturated carbocycles. The van der Waals surface area contributed by atoms with Crippen LogP contribution in [0.4, 0.5) is 23.2 Å². The van der Waals surface area contributed by atoms with Crippen LogP contribution in [0.2, 0.25) is 0 Å². The number of alkyl halides is 3. The summed E-state index contributed by atoms with van der Waals surface area (Å²) in [7, 11) is 0. The topological polar surface area (TPSA) is 125 Å². The average Bonchev–Trinajstić information content (AvgIpc) is 3.17. The maximum atomic E-state index is 13.4. The zero-order valence-corrected chi connectivity index (χ0v) is 17.0. The first-order valence-electron chi connectivity index (χ1n) is 9.69. The molecule has 176 valence electrons. The normalized spacial score (nSPS) is 15.3. The van der Waals surface area contributed by atoms with E-state index in [1.54, 1.807) is 0 Å². The number of para-hydroxylation sites is 1. The molecular weight excluding hydrogens is 462 g/mol. The molecule has 0 bridgehead atoms. The number of rotatable bonds is 3. The second-order valence-electron chi connectivity index (χ2n) is 7.30. The Morgan fingerprint density at radius 1 is 1.15 bits per heavy atom. The van der Waals surface area contributed by atoms with E-state index in [0.29, 0.717) is 10.2 Å². The van der Waals surface area contributed by atoms with Crippen LogP contribution >= 0.6 is 0 Å². The molecule has 0 spiro atoms. The van der Waals surface area contributed by atoms with Gasteiger partial charge in [-0.3, -0.25) is 25.2 Å². The van der Waals surface area contributed by atoms with Gasteiger partial charge in [-0.1, -0.05) is 18.2 Å². The van der Waals surface area contributed by atoms with E-state index in [4.69, 9.17) is 0 Å². The minimum absolute atomic E-state index is 0.113. The lowest BCUT2D eigenvalue weighted by Crippen LogP contribution is -2.45. The van der Waals surface area contributed by atoms with E-state index in [1.807, 2.05) is 5.43 Å². The van der Waals surface area contributed by atoms with Gasteiger partial charge in [0.25, 0.3) is 5.91 Å². The van der Waals surface area contributed by atoms with Crippen molar-refractivity contribution in [1.82, 2.24) is 20.6 Å². The van der Waals surface area contributed by atoms with E-state index in [2.05, 4.69) is 15.8 Å². The number of carbonyl (C=O) groups excluding carboxylic acids is 3. The quantitative estimate of drug-likeness (QED) is 0.341. The molecule has 0 aliphatic carbocycles. The van der Waals surface area contributed by atoms with Crippen LogP contribution < -0.4 is 16.2 Å². The van der Waals surface area contributed by atoms with Crippen molar-refractivity contribution < 1.29 is 37.1 Å². The molecule has 13 heteroatoms. The fourth-order valence-corrected chi connectivity index (χ4v) is 3.50. The van der Waals surface area contributed by atoms with E-state index in [-0.39, 0.29) is 12.1 Å². The van der Waals surface area contributed by atoms with Crippen LogP contribution in [-0.4, -0.2) is 32.6 Å². The molecule has 0 fully saturated rings. The first-order chi connectivity index (χ1) is 16.0. The van der Waals surface area contributed by atoms with Crippen LogP contribution in [0.1, 0.15) is 34.0 Å². The smallest absolute Gasteiger partial charge is 0.418 e. The van der Waals surface area contributed by atoms with Gasteiger partial charge in [-0.2, -0.15) is 18.3 Å². The number of aromatic nitrogens is 2. The Hall–Kier alpha value is -4.42. The Balaban J connectivity index is 1.51. The van der Waals surface area contributed by atoms with Gasteiger partial charge < -0.3 is 10.4 Å². The van der Waals surface area contributed by atoms with Gasteiger partial charge in [-0.25, -0.2) is 9.07 Å². The average molecular weight is 477 g/mol. The molecule has 34 heavy (non-hydrogen) atoms. The molecule has 2 heterocycles. The van der Waals surface area contributed by atoms with E-state index in [1.165, 1.54) is 18.2 Å². The number of hydrogen-bond acceptors (Lipinski definition) is 5. The summed E-state index contributed by atoms with van der Waals surface area (Å²) in [5.41, 5.74) is 2.41. The fraction of sp³-hybridized carbons (Fsp3) is 0.143. The summed E-state index contributed by atoms with van der Waals surface area (Å²) in [6.07, 6.45) is -4.16. The van der Waals surface area contributed by atoms with Crippen LogP contribution in [0.15, 0.2) is 48.7 Å². The maximum absolute atomic E-state index is 13.4. The standard InChI is InChI=1S/C21H15F4N5O4/c22-10-5-6-11-12(8-17(32)26-14(11)7-10)19(33)27-28-20(34)18-16(31)9-30(29-18)15-4-2-1-3-13(15)21(23,24)25/h1-7,9,12,31H,8H2,(H,26,32)(H,27,33)(H,28,34). The summed E-state index contributed by atoms with van der Waals surface area (Å²) < 4.78 is 53.9. The lowest BCUT2D eigenvalue weighted by Gasteiger charge is -2.24. The molecule has 2 aromatic carbocycles. The minimum atomic E-state index is -4.71. The summed E-state index contributed by atoms with van der Waals surface area (Å²) in [6.45, 7) is 0. The number of anilines is 1. The van der Waals surface area contributed by atoms with Crippen molar-refractivity contribution >= 4 is 23.4 Å². The predicted octanol–water partition coefficient (Wildman–Crippen LogP) is 2.62. The van der Waals surface area contributed by atoms with Crippen molar-refractivity contribution in [2.24, 2.45) is 0 Å². The molecular formula is C21H15F4N5O4. The zero-order valence-electron chi connectivity index (χ0n) is 17.0. The van der Waals surface area contributed by atoms with Crippen LogP contribution in [-0.2, 0) is 15.8 Å². The van der Waals surface area contributed by atoms with Gasteiger partial charge in [0.05, 0.1) is 23.4 Å². The van der Waals surface area contributed by atoms with Gasteiger partial charge in [0.2, 0.25) is 11.8 Å². The zero-order chi connectivity index (χ0) is 24.6. The van der Waals surface area contributed by atoms with Crippen LogP contribution in [0.3, 0.4) is 0 Å². The SMILES string of the molecule is O=C1CC(C(=O)NNC(=O)c2nn(-c3ccccc3C(F)(F)F)cc2O)c2ccc(F)cc2N1. The van der Waals surface area contributed by atoms with Crippen molar-refractivity contribution in [3.8, 4) is 11.4 Å². The minimum Gasteiger partial charge on any atom is -0.504 e. The molecule has 1 aromatic heterocycles. The number of benzene rings is 2. The number of nitrogens with zero attached hydrogens (tertiary/aromatic N) is 2. The third-order valence-corrected chi connectivity index (χ3v) is 5.04. The van der Waals surface area contributed by atoms with Crippen molar-refractivity contribution in [2.45, 2.75) is 18.5 Å². The Labute approximate surface area is 188 Å². The van der Waals surface area contributed by atoms with Crippen molar-refractivity contribution in [1.29, 1.82) is 0 Å². The van der Waals surface area contributed by atoms with Crippen molar-refractivity contribution in [3.05, 3.63) is 71.3 Å². The largest absolute Gasteiger partial charge is 0.504 e. The molecule has 4 rings (SSSR count). The summed E-state index contributed by atoms with van der Waals surface area (Å²) in [6, 6.07) is 7.91. The fourth-order valence-electron chi connectivity index (χ4n) is 3.50. The Bertz CT molecular complexity index is 1300. The van der Waals surface area contributed by atoms with Crippen LogP contribution in [0, 0.1) is 5.82 Å². The number of amides is 3. The molecule has 1 atom stereocenters. The molecule has 1 aliphatic rings. The van der Waals surface area contributed by atoms with E-state index < -0.39 is 58.3 Å². The lowest BCUT2D eigenvalue weighted by atomic mass is 9.90. The molecule has 1 unspecified atom stereocenters. The third-order valence-electron chi connectivity index (χ3n) is 5.04. The number of halogens is 4. The second kappa shape index (κ2) is 8.50. The van der Waals surface area contributed by atoms with Gasteiger partial charge in [-0.05, 0) is 29.8 Å². The number of hydrazine groups is 1. The highest BCUT2D eigenvalue weighted by molar-refractivity contribution is 6.02. The van der Waals surface area contributed by atoms with Crippen molar-refractivity contribution in [2.75, 3.05) is 5.32 Å². The molecule has 0 saturated heterocycles. The summed E-state index contributed by atoms with van der Waals surface area (Å²) in [4.78, 5) is 36.9. The van der Waals surface area contributed by atoms with Gasteiger partial charge in [0.1, 0.15) is 5.82 Å². The summed E-state index contributed by atoms with van der Waals surface area (Å²) in [5.74, 6) is -4.86. The van der Waals surface area contributed by atoms with Crippen LogP contribution in [0.5, 0.6) is 5.75 Å². The second-order valence-corrected chi connectivity index (χ2v) is 7.30. The Morgan fingerprint density at radius 3 is 2.62 bits per heavy atom. The summed E-state index contributed by atoms with van der Waals surface area (Å²) >= 11 is 0. The highest BCUT2D eigenvalue weighted by Crippen LogP contribution is 2.34. The lowest BCUT2D eigenvalue weighted by molar-refractivity contribution is -0.137. The molecule has 3 amide bonds. The number of fused-ring (bicyclic) bond motifs is 1. The molecule has 9 nitrogen and oxygen atoms in total. The number of carbonyl (C=O) groups is 3. The first kappa shape index (κ1) is 22.8. The highest BCUT2D eigenvalue weighted by Gasteiger charge is 2.35. The Morgan fingerprint density at radius 2 is 1.88 bits per heavy atom. The number of aromatic hydroxyl groups is 1. The number of nitrogens with one attached hydrogen (secondary N) is 3. The maximum Gasteiger partial charge on any atom is 0.418 e. The molecule has 3 aromatic rings. The molecule has 1 aliphatic heterocycles. The van der Waals surface area contributed by atoms with Gasteiger partial charge in [0.15, 0.2) is 11.4 Å². The monoisotopic (exact) mass is 477 g/mol. The highest BCUT2D eigenvalue weighted by atomic mass is 19.4. The van der Waals surface area contributed by atoms with E-state index in [0.717, 1.165) is 30.5 Å².